The number of anilines is 1. The van der Waals surface area contributed by atoms with Gasteiger partial charge in [0.05, 0.1) is 12.8 Å². The second kappa shape index (κ2) is 5.27. The van der Waals surface area contributed by atoms with Crippen molar-refractivity contribution < 1.29 is 17.9 Å². The molecule has 2 heterocycles. The number of nitrogens with zero attached hydrogens (tertiary/aromatic N) is 1. The minimum atomic E-state index is -3.83. The van der Waals surface area contributed by atoms with E-state index in [9.17, 15) is 13.2 Å². The third kappa shape index (κ3) is 2.94. The molecule has 0 aliphatic rings. The SMILES string of the molecule is COC(=O)c1sccc1S(=O)(=O)Nc1nc(C)cs1. The number of hydrogen-bond donors (Lipinski definition) is 1. The molecular formula is C10H10N2O4S3. The predicted octanol–water partition coefficient (Wildman–Crippen LogP) is 2.10. The summed E-state index contributed by atoms with van der Waals surface area (Å²) >= 11 is 2.19. The monoisotopic (exact) mass is 318 g/mol. The summed E-state index contributed by atoms with van der Waals surface area (Å²) in [5.74, 6) is -0.675. The van der Waals surface area contributed by atoms with Crippen molar-refractivity contribution in [2.24, 2.45) is 0 Å². The van der Waals surface area contributed by atoms with Gasteiger partial charge >= 0.3 is 5.97 Å². The van der Waals surface area contributed by atoms with Crippen LogP contribution in [0.2, 0.25) is 0 Å². The van der Waals surface area contributed by atoms with Gasteiger partial charge in [-0.25, -0.2) is 18.2 Å². The number of aromatic nitrogens is 1. The lowest BCUT2D eigenvalue weighted by atomic mass is 10.5. The first-order chi connectivity index (χ1) is 8.94. The average Bonchev–Trinajstić information content (AvgIpc) is 2.97. The zero-order valence-corrected chi connectivity index (χ0v) is 12.5. The summed E-state index contributed by atoms with van der Waals surface area (Å²) < 4.78 is 31.2. The quantitative estimate of drug-likeness (QED) is 0.873. The van der Waals surface area contributed by atoms with Gasteiger partial charge in [-0.3, -0.25) is 4.72 Å². The van der Waals surface area contributed by atoms with E-state index in [4.69, 9.17) is 0 Å². The molecule has 102 valence electrons. The largest absolute Gasteiger partial charge is 0.465 e. The van der Waals surface area contributed by atoms with E-state index in [0.29, 0.717) is 0 Å². The number of aryl methyl sites for hydroxylation is 1. The zero-order chi connectivity index (χ0) is 14.0. The second-order valence-corrected chi connectivity index (χ2v) is 6.93. The smallest absolute Gasteiger partial charge is 0.349 e. The van der Waals surface area contributed by atoms with Crippen LogP contribution in [0.1, 0.15) is 15.4 Å². The fraction of sp³-hybridized carbons (Fsp3) is 0.200. The molecule has 0 bridgehead atoms. The fourth-order valence-electron chi connectivity index (χ4n) is 1.32. The maximum atomic E-state index is 12.2. The summed E-state index contributed by atoms with van der Waals surface area (Å²) in [6.45, 7) is 1.76. The van der Waals surface area contributed by atoms with Crippen LogP contribution in [0.4, 0.5) is 5.13 Å². The van der Waals surface area contributed by atoms with Gasteiger partial charge < -0.3 is 4.74 Å². The Labute approximate surface area is 118 Å². The van der Waals surface area contributed by atoms with E-state index in [1.807, 2.05) is 0 Å². The van der Waals surface area contributed by atoms with Crippen LogP contribution < -0.4 is 4.72 Å². The third-order valence-corrected chi connectivity index (χ3v) is 5.54. The fourth-order valence-corrected chi connectivity index (χ4v) is 4.60. The molecule has 0 saturated carbocycles. The molecule has 0 fully saturated rings. The van der Waals surface area contributed by atoms with Crippen molar-refractivity contribution in [1.29, 1.82) is 0 Å². The normalized spacial score (nSPS) is 11.3. The molecular weight excluding hydrogens is 308 g/mol. The van der Waals surface area contributed by atoms with Crippen LogP contribution in [0.15, 0.2) is 21.7 Å². The molecule has 2 aromatic heterocycles. The summed E-state index contributed by atoms with van der Waals surface area (Å²) in [6.07, 6.45) is 0. The van der Waals surface area contributed by atoms with E-state index in [2.05, 4.69) is 14.4 Å². The van der Waals surface area contributed by atoms with Crippen molar-refractivity contribution in [1.82, 2.24) is 4.98 Å². The highest BCUT2D eigenvalue weighted by atomic mass is 32.2. The molecule has 19 heavy (non-hydrogen) atoms. The van der Waals surface area contributed by atoms with Gasteiger partial charge in [0, 0.05) is 5.38 Å². The Balaban J connectivity index is 2.35. The lowest BCUT2D eigenvalue weighted by molar-refractivity contribution is 0.0602. The third-order valence-electron chi connectivity index (χ3n) is 2.13. The van der Waals surface area contributed by atoms with Crippen LogP contribution in [-0.4, -0.2) is 26.5 Å². The summed E-state index contributed by atoms with van der Waals surface area (Å²) in [5, 5.41) is 3.51. The maximum absolute atomic E-state index is 12.2. The van der Waals surface area contributed by atoms with Crippen LogP contribution in [-0.2, 0) is 14.8 Å². The first-order valence-corrected chi connectivity index (χ1v) is 8.29. The van der Waals surface area contributed by atoms with Crippen LogP contribution in [0.25, 0.3) is 0 Å². The van der Waals surface area contributed by atoms with E-state index in [1.165, 1.54) is 29.9 Å². The van der Waals surface area contributed by atoms with Crippen LogP contribution >= 0.6 is 22.7 Å². The number of rotatable bonds is 4. The van der Waals surface area contributed by atoms with Crippen molar-refractivity contribution in [3.8, 4) is 0 Å². The Bertz CT molecular complexity index is 702. The Kier molecular flexibility index (Phi) is 3.88. The topological polar surface area (TPSA) is 85.4 Å². The molecule has 9 heteroatoms. The van der Waals surface area contributed by atoms with Crippen molar-refractivity contribution in [2.45, 2.75) is 11.8 Å². The molecule has 0 amide bonds. The van der Waals surface area contributed by atoms with E-state index in [-0.39, 0.29) is 14.9 Å². The van der Waals surface area contributed by atoms with Crippen LogP contribution in [0, 0.1) is 6.92 Å². The molecule has 1 N–H and O–H groups in total. The lowest BCUT2D eigenvalue weighted by Crippen LogP contribution is -2.15. The van der Waals surface area contributed by atoms with Crippen molar-refractivity contribution in [2.75, 3.05) is 11.8 Å². The zero-order valence-electron chi connectivity index (χ0n) is 10.0. The molecule has 0 atom stereocenters. The minimum absolute atomic E-state index is 0.0447. The van der Waals surface area contributed by atoms with E-state index in [0.717, 1.165) is 17.0 Å². The highest BCUT2D eigenvalue weighted by molar-refractivity contribution is 7.93. The summed E-state index contributed by atoms with van der Waals surface area (Å²) in [6, 6.07) is 1.36. The van der Waals surface area contributed by atoms with E-state index < -0.39 is 16.0 Å². The van der Waals surface area contributed by atoms with E-state index >= 15 is 0 Å². The molecule has 0 aromatic carbocycles. The number of sulfonamides is 1. The van der Waals surface area contributed by atoms with Gasteiger partial charge in [-0.15, -0.1) is 22.7 Å². The molecule has 2 aromatic rings. The number of nitrogens with one attached hydrogen (secondary N) is 1. The highest BCUT2D eigenvalue weighted by Gasteiger charge is 2.25. The Morgan fingerprint density at radius 2 is 2.16 bits per heavy atom. The van der Waals surface area contributed by atoms with Gasteiger partial charge in [0.25, 0.3) is 10.0 Å². The van der Waals surface area contributed by atoms with Crippen LogP contribution in [0.3, 0.4) is 0 Å². The van der Waals surface area contributed by atoms with Crippen molar-refractivity contribution in [3.05, 3.63) is 27.4 Å². The molecule has 0 radical (unpaired) electrons. The average molecular weight is 318 g/mol. The molecule has 0 saturated heterocycles. The Hall–Kier alpha value is -1.45. The Morgan fingerprint density at radius 3 is 2.74 bits per heavy atom. The maximum Gasteiger partial charge on any atom is 0.349 e. The molecule has 6 nitrogen and oxygen atoms in total. The number of carbonyl (C=O) groups excluding carboxylic acids is 1. The predicted molar refractivity (Wildman–Crippen MR) is 73.3 cm³/mol. The first kappa shape index (κ1) is 14.0. The summed E-state index contributed by atoms with van der Waals surface area (Å²) in [7, 11) is -2.63. The van der Waals surface area contributed by atoms with Crippen molar-refractivity contribution >= 4 is 43.8 Å². The van der Waals surface area contributed by atoms with E-state index in [1.54, 1.807) is 12.3 Å². The number of esters is 1. The van der Waals surface area contributed by atoms with Gasteiger partial charge in [0.15, 0.2) is 5.13 Å². The molecule has 0 unspecified atom stereocenters. The van der Waals surface area contributed by atoms with Gasteiger partial charge in [-0.1, -0.05) is 0 Å². The van der Waals surface area contributed by atoms with Gasteiger partial charge in [0.2, 0.25) is 0 Å². The van der Waals surface area contributed by atoms with Gasteiger partial charge in [0.1, 0.15) is 9.77 Å². The first-order valence-electron chi connectivity index (χ1n) is 5.05. The number of ether oxygens (including phenoxy) is 1. The number of carbonyl (C=O) groups is 1. The second-order valence-electron chi connectivity index (χ2n) is 3.51. The number of thiazole rings is 1. The standard InChI is InChI=1S/C10H10N2O4S3/c1-6-5-18-10(11-6)12-19(14,15)7-3-4-17-8(7)9(13)16-2/h3-5H,1-2H3,(H,11,12). The summed E-state index contributed by atoms with van der Waals surface area (Å²) in [4.78, 5) is 15.4. The van der Waals surface area contributed by atoms with Crippen LogP contribution in [0.5, 0.6) is 0 Å². The minimum Gasteiger partial charge on any atom is -0.465 e. The molecule has 2 rings (SSSR count). The Morgan fingerprint density at radius 1 is 1.42 bits per heavy atom. The summed E-state index contributed by atoms with van der Waals surface area (Å²) in [5.41, 5.74) is 0.723. The molecule has 0 aliphatic carbocycles. The highest BCUT2D eigenvalue weighted by Crippen LogP contribution is 2.26. The van der Waals surface area contributed by atoms with Gasteiger partial charge in [-0.2, -0.15) is 0 Å². The number of hydrogen-bond acceptors (Lipinski definition) is 7. The lowest BCUT2D eigenvalue weighted by Gasteiger charge is -2.05. The number of methoxy groups -OCH3 is 1. The van der Waals surface area contributed by atoms with Crippen molar-refractivity contribution in [3.63, 3.8) is 0 Å². The van der Waals surface area contributed by atoms with Gasteiger partial charge in [-0.05, 0) is 18.4 Å². The number of thiophene rings is 1. The molecule has 0 aliphatic heterocycles. The molecule has 0 spiro atoms.